The number of thioether (sulfide) groups is 1. The molecule has 0 spiro atoms. The highest BCUT2D eigenvalue weighted by Crippen LogP contribution is 2.45. The number of allylic oxidation sites excluding steroid dienone is 1. The normalized spacial score (nSPS) is 26.4. The van der Waals surface area contributed by atoms with Crippen LogP contribution in [0.4, 0.5) is 0 Å². The summed E-state index contributed by atoms with van der Waals surface area (Å²) in [5.74, 6) is -0.994. The van der Waals surface area contributed by atoms with E-state index < -0.39 is 11.9 Å². The van der Waals surface area contributed by atoms with Crippen LogP contribution >= 0.6 is 11.8 Å². The Morgan fingerprint density at radius 3 is 2.25 bits per heavy atom. The summed E-state index contributed by atoms with van der Waals surface area (Å²) in [5.41, 5.74) is 9.32. The quantitative estimate of drug-likeness (QED) is 0.181. The van der Waals surface area contributed by atoms with Gasteiger partial charge in [-0.3, -0.25) is 19.2 Å². The topological polar surface area (TPSA) is 161 Å². The molecule has 6 N–H and O–H groups in total. The van der Waals surface area contributed by atoms with E-state index >= 15 is 0 Å². The minimum atomic E-state index is -0.892. The maximum absolute atomic E-state index is 12.6. The van der Waals surface area contributed by atoms with Gasteiger partial charge in [0.25, 0.3) is 0 Å². The van der Waals surface area contributed by atoms with Gasteiger partial charge >= 0.3 is 11.9 Å². The predicted molar refractivity (Wildman–Crippen MR) is 169 cm³/mol. The molecule has 2 fully saturated rings. The number of amides is 2. The van der Waals surface area contributed by atoms with Gasteiger partial charge in [0.05, 0.1) is 24.0 Å². The standard InChI is InChI=1S/C33H42N4O6S/c1-6-19-15(2)24(36-33(19)43)11-22-16(3)20(7-9-29(38)39)25(34-22)13-26-21(8-10-30(40)41)17(4)23(35-26)12-27-31(28-14-44-28)18(5)32(42)37-27/h18,23-24,27,34-35H,4,6-14H2,1-3,5H3,(H,36,43)(H,37,42)(H,38,39)(H,40,41)/b31-28-/t18?,23?,24-,27+/m1/s1. The third kappa shape index (κ3) is 6.38. The molecule has 5 rings (SSSR count). The van der Waals surface area contributed by atoms with E-state index in [-0.39, 0.29) is 48.7 Å². The summed E-state index contributed by atoms with van der Waals surface area (Å²) in [6, 6.07) is -0.407. The van der Waals surface area contributed by atoms with Gasteiger partial charge < -0.3 is 31.1 Å². The summed E-state index contributed by atoms with van der Waals surface area (Å²) in [6.07, 6.45) is 2.88. The van der Waals surface area contributed by atoms with Gasteiger partial charge in [0.2, 0.25) is 11.8 Å². The Balaban J connectivity index is 1.42. The molecular weight excluding hydrogens is 580 g/mol. The van der Waals surface area contributed by atoms with Crippen molar-refractivity contribution < 1.29 is 29.4 Å². The van der Waals surface area contributed by atoms with Crippen molar-refractivity contribution in [1.29, 1.82) is 0 Å². The fourth-order valence-electron chi connectivity index (χ4n) is 7.02. The number of carbonyl (C=O) groups excluding carboxylic acids is 2. The molecule has 0 aromatic carbocycles. The zero-order valence-corrected chi connectivity index (χ0v) is 26.6. The molecule has 2 amide bonds. The van der Waals surface area contributed by atoms with Crippen LogP contribution in [0.15, 0.2) is 45.0 Å². The molecule has 11 heteroatoms. The molecule has 0 bridgehead atoms. The lowest BCUT2D eigenvalue weighted by Gasteiger charge is -2.21. The number of carboxylic acid groups (broad SMARTS) is 2. The predicted octanol–water partition coefficient (Wildman–Crippen LogP) is 3.82. The van der Waals surface area contributed by atoms with Gasteiger partial charge in [0, 0.05) is 54.1 Å². The lowest BCUT2D eigenvalue weighted by atomic mass is 9.90. The molecule has 1 aromatic heterocycles. The Kier molecular flexibility index (Phi) is 9.15. The van der Waals surface area contributed by atoms with E-state index in [1.165, 1.54) is 4.91 Å². The molecular formula is C33H42N4O6S. The number of hydrogen-bond donors (Lipinski definition) is 6. The first kappa shape index (κ1) is 31.7. The molecule has 2 saturated heterocycles. The Hall–Kier alpha value is -3.73. The molecule has 4 aliphatic heterocycles. The molecule has 0 radical (unpaired) electrons. The number of rotatable bonds is 13. The number of carbonyl (C=O) groups is 4. The zero-order chi connectivity index (χ0) is 31.9. The number of nitrogens with one attached hydrogen (secondary N) is 4. The zero-order valence-electron chi connectivity index (χ0n) is 25.8. The smallest absolute Gasteiger partial charge is 0.303 e. The van der Waals surface area contributed by atoms with Crippen LogP contribution in [-0.4, -0.2) is 62.8 Å². The SMILES string of the molecule is C=C1C(CCC(=O)O)=C(Cc2[nH]c(C[C@H]3NC(=O)C(CC)=C3C)c(C)c2CCC(=O)O)NC1C[C@@H]1NC(=O)C(C)/C1=C1\CS1. The van der Waals surface area contributed by atoms with Crippen molar-refractivity contribution in [2.75, 3.05) is 5.75 Å². The number of aromatic nitrogens is 1. The minimum absolute atomic E-state index is 0.0209. The van der Waals surface area contributed by atoms with Gasteiger partial charge in [-0.15, -0.1) is 11.8 Å². The van der Waals surface area contributed by atoms with E-state index in [0.29, 0.717) is 38.5 Å². The lowest BCUT2D eigenvalue weighted by Crippen LogP contribution is -2.35. The largest absolute Gasteiger partial charge is 0.481 e. The second kappa shape index (κ2) is 12.7. The van der Waals surface area contributed by atoms with Crippen molar-refractivity contribution in [3.63, 3.8) is 0 Å². The van der Waals surface area contributed by atoms with Crippen LogP contribution in [0.3, 0.4) is 0 Å². The maximum Gasteiger partial charge on any atom is 0.303 e. The molecule has 44 heavy (non-hydrogen) atoms. The number of H-pyrrole nitrogens is 1. The molecule has 10 nitrogen and oxygen atoms in total. The Bertz CT molecular complexity index is 1530. The Morgan fingerprint density at radius 1 is 0.955 bits per heavy atom. The second-order valence-corrected chi connectivity index (χ2v) is 13.3. The number of aromatic amines is 1. The molecule has 2 unspecified atom stereocenters. The van der Waals surface area contributed by atoms with Crippen molar-refractivity contribution in [2.45, 2.75) is 97.2 Å². The average molecular weight is 623 g/mol. The lowest BCUT2D eigenvalue weighted by molar-refractivity contribution is -0.138. The van der Waals surface area contributed by atoms with Crippen molar-refractivity contribution in [2.24, 2.45) is 5.92 Å². The first-order valence-electron chi connectivity index (χ1n) is 15.4. The van der Waals surface area contributed by atoms with Gasteiger partial charge in [0.1, 0.15) is 0 Å². The van der Waals surface area contributed by atoms with Crippen LogP contribution in [-0.2, 0) is 38.4 Å². The molecule has 1 aromatic rings. The fourth-order valence-corrected chi connectivity index (χ4v) is 7.75. The van der Waals surface area contributed by atoms with Gasteiger partial charge in [-0.25, -0.2) is 0 Å². The molecule has 236 valence electrons. The highest BCUT2D eigenvalue weighted by Gasteiger charge is 2.41. The summed E-state index contributed by atoms with van der Waals surface area (Å²) >= 11 is 1.77. The molecule has 5 heterocycles. The summed E-state index contributed by atoms with van der Waals surface area (Å²) in [4.78, 5) is 53.0. The van der Waals surface area contributed by atoms with Crippen molar-refractivity contribution in [1.82, 2.24) is 20.9 Å². The number of aliphatic carboxylic acids is 2. The van der Waals surface area contributed by atoms with E-state index in [1.807, 2.05) is 27.7 Å². The summed E-state index contributed by atoms with van der Waals surface area (Å²) in [5, 5.41) is 28.8. The second-order valence-electron chi connectivity index (χ2n) is 12.3. The van der Waals surface area contributed by atoms with E-state index in [4.69, 9.17) is 0 Å². The molecule has 0 aliphatic carbocycles. The molecule has 4 atom stereocenters. The maximum atomic E-state index is 12.6. The van der Waals surface area contributed by atoms with E-state index in [0.717, 1.165) is 61.8 Å². The molecule has 4 aliphatic rings. The van der Waals surface area contributed by atoms with Crippen LogP contribution in [0, 0.1) is 12.8 Å². The highest BCUT2D eigenvalue weighted by molar-refractivity contribution is 8.11. The first-order chi connectivity index (χ1) is 20.9. The van der Waals surface area contributed by atoms with Crippen molar-refractivity contribution in [3.8, 4) is 0 Å². The van der Waals surface area contributed by atoms with Crippen LogP contribution in [0.5, 0.6) is 0 Å². The number of hydrogen-bond acceptors (Lipinski definition) is 6. The van der Waals surface area contributed by atoms with Crippen molar-refractivity contribution >= 4 is 35.5 Å². The summed E-state index contributed by atoms with van der Waals surface area (Å²) in [6.45, 7) is 12.3. The van der Waals surface area contributed by atoms with Gasteiger partial charge in [-0.05, 0) is 84.8 Å². The van der Waals surface area contributed by atoms with E-state index in [1.54, 1.807) is 11.8 Å². The molecule has 0 saturated carbocycles. The van der Waals surface area contributed by atoms with Crippen molar-refractivity contribution in [3.05, 3.63) is 67.6 Å². The van der Waals surface area contributed by atoms with Gasteiger partial charge in [0.15, 0.2) is 0 Å². The minimum Gasteiger partial charge on any atom is -0.481 e. The van der Waals surface area contributed by atoms with Crippen LogP contribution < -0.4 is 16.0 Å². The van der Waals surface area contributed by atoms with Crippen LogP contribution in [0.25, 0.3) is 0 Å². The fraction of sp³-hybridized carbons (Fsp3) is 0.515. The van der Waals surface area contributed by atoms with Gasteiger partial charge in [-0.2, -0.15) is 0 Å². The van der Waals surface area contributed by atoms with Crippen LogP contribution in [0.1, 0.15) is 75.4 Å². The first-order valence-corrected chi connectivity index (χ1v) is 16.3. The third-order valence-corrected chi connectivity index (χ3v) is 10.4. The van der Waals surface area contributed by atoms with E-state index in [9.17, 15) is 29.4 Å². The average Bonchev–Trinajstić information content (AvgIpc) is 3.53. The monoisotopic (exact) mass is 622 g/mol. The van der Waals surface area contributed by atoms with Crippen LogP contribution in [0.2, 0.25) is 0 Å². The summed E-state index contributed by atoms with van der Waals surface area (Å²) in [7, 11) is 0. The number of carboxylic acids is 2. The summed E-state index contributed by atoms with van der Waals surface area (Å²) < 4.78 is 0. The van der Waals surface area contributed by atoms with E-state index in [2.05, 4.69) is 27.5 Å². The Morgan fingerprint density at radius 2 is 1.64 bits per heavy atom. The van der Waals surface area contributed by atoms with Gasteiger partial charge in [-0.1, -0.05) is 13.5 Å². The third-order valence-electron chi connectivity index (χ3n) is 9.60. The highest BCUT2D eigenvalue weighted by atomic mass is 32.2. The Labute approximate surface area is 261 Å².